The van der Waals surface area contributed by atoms with Gasteiger partial charge in [-0.1, -0.05) is 37.3 Å². The topological polar surface area (TPSA) is 98.1 Å². The predicted molar refractivity (Wildman–Crippen MR) is 112 cm³/mol. The molecule has 3 atom stereocenters. The number of nitrogens with zero attached hydrogens (tertiary/aromatic N) is 6. The van der Waals surface area contributed by atoms with Crippen LogP contribution in [0.3, 0.4) is 0 Å². The maximum atomic E-state index is 11.5. The molecule has 1 saturated heterocycles. The first kappa shape index (κ1) is 20.0. The standard InChI is InChI=1S/C21H25N7O2/c1-14(2)18-13-30-20(12-29)28(18)19-9-10-22-21(24-19)23-15(3)17-11-27(26-25-17)16-7-5-4-6-8-16/h4-12,14-15,18,20H,13H2,1-3H3,(H,22,23,24)/t15-,18+,20?/m0/s1. The van der Waals surface area contributed by atoms with Crippen LogP contribution in [0.25, 0.3) is 5.69 Å². The number of ether oxygens (including phenoxy) is 1. The van der Waals surface area contributed by atoms with Crippen molar-refractivity contribution in [2.24, 2.45) is 5.92 Å². The molecule has 9 nitrogen and oxygen atoms in total. The van der Waals surface area contributed by atoms with Crippen LogP contribution in [-0.4, -0.2) is 50.1 Å². The van der Waals surface area contributed by atoms with Crippen LogP contribution in [0.2, 0.25) is 0 Å². The molecule has 3 heterocycles. The summed E-state index contributed by atoms with van der Waals surface area (Å²) in [6.07, 6.45) is 3.73. The first-order valence-electron chi connectivity index (χ1n) is 9.99. The van der Waals surface area contributed by atoms with Crippen LogP contribution >= 0.6 is 0 Å². The van der Waals surface area contributed by atoms with Crippen LogP contribution in [0.1, 0.15) is 32.5 Å². The van der Waals surface area contributed by atoms with Gasteiger partial charge in [0.2, 0.25) is 5.95 Å². The minimum Gasteiger partial charge on any atom is -0.349 e. The van der Waals surface area contributed by atoms with E-state index in [1.54, 1.807) is 16.9 Å². The maximum Gasteiger partial charge on any atom is 0.225 e. The van der Waals surface area contributed by atoms with Crippen molar-refractivity contribution in [3.05, 3.63) is 54.5 Å². The third-order valence-electron chi connectivity index (χ3n) is 5.18. The summed E-state index contributed by atoms with van der Waals surface area (Å²) >= 11 is 0. The molecule has 0 radical (unpaired) electrons. The van der Waals surface area contributed by atoms with E-state index in [0.717, 1.165) is 17.7 Å². The van der Waals surface area contributed by atoms with Crippen LogP contribution in [0.5, 0.6) is 0 Å². The molecule has 0 spiro atoms. The summed E-state index contributed by atoms with van der Waals surface area (Å²) < 4.78 is 7.36. The molecule has 156 valence electrons. The highest BCUT2D eigenvalue weighted by molar-refractivity contribution is 5.64. The van der Waals surface area contributed by atoms with Gasteiger partial charge >= 0.3 is 0 Å². The second-order valence-electron chi connectivity index (χ2n) is 7.61. The van der Waals surface area contributed by atoms with E-state index in [4.69, 9.17) is 4.74 Å². The first-order chi connectivity index (χ1) is 14.6. The molecule has 30 heavy (non-hydrogen) atoms. The second-order valence-corrected chi connectivity index (χ2v) is 7.61. The van der Waals surface area contributed by atoms with Gasteiger partial charge in [0, 0.05) is 6.20 Å². The molecule has 4 rings (SSSR count). The molecule has 3 aromatic rings. The number of benzene rings is 1. The molecule has 2 aromatic heterocycles. The number of carbonyl (C=O) groups is 1. The van der Waals surface area contributed by atoms with Gasteiger partial charge in [-0.15, -0.1) is 5.10 Å². The molecule has 0 amide bonds. The number of anilines is 2. The van der Waals surface area contributed by atoms with Crippen molar-refractivity contribution in [2.75, 3.05) is 16.8 Å². The van der Waals surface area contributed by atoms with Crippen LogP contribution in [-0.2, 0) is 9.53 Å². The summed E-state index contributed by atoms with van der Waals surface area (Å²) in [6, 6.07) is 11.5. The van der Waals surface area contributed by atoms with Crippen molar-refractivity contribution in [2.45, 2.75) is 39.1 Å². The molecular weight excluding hydrogens is 382 g/mol. The Labute approximate surface area is 175 Å². The molecule has 0 saturated carbocycles. The van der Waals surface area contributed by atoms with E-state index in [0.29, 0.717) is 24.3 Å². The van der Waals surface area contributed by atoms with E-state index in [1.165, 1.54) is 0 Å². The zero-order valence-electron chi connectivity index (χ0n) is 17.2. The highest BCUT2D eigenvalue weighted by Crippen LogP contribution is 2.28. The number of hydrogen-bond acceptors (Lipinski definition) is 8. The van der Waals surface area contributed by atoms with Gasteiger partial charge in [0.05, 0.1) is 30.6 Å². The van der Waals surface area contributed by atoms with Gasteiger partial charge in [0.25, 0.3) is 0 Å². The predicted octanol–water partition coefficient (Wildman–Crippen LogP) is 2.62. The second kappa shape index (κ2) is 8.58. The quantitative estimate of drug-likeness (QED) is 0.597. The molecule has 1 unspecified atom stereocenters. The number of para-hydroxylation sites is 1. The summed E-state index contributed by atoms with van der Waals surface area (Å²) in [5, 5.41) is 11.7. The summed E-state index contributed by atoms with van der Waals surface area (Å²) in [4.78, 5) is 22.4. The zero-order valence-corrected chi connectivity index (χ0v) is 17.2. The third-order valence-corrected chi connectivity index (χ3v) is 5.18. The summed E-state index contributed by atoms with van der Waals surface area (Å²) in [5.41, 5.74) is 1.71. The van der Waals surface area contributed by atoms with Crippen LogP contribution < -0.4 is 10.2 Å². The molecule has 1 aromatic carbocycles. The molecular formula is C21H25N7O2. The van der Waals surface area contributed by atoms with E-state index in [9.17, 15) is 4.79 Å². The Bertz CT molecular complexity index is 992. The third kappa shape index (κ3) is 4.02. The molecule has 1 N–H and O–H groups in total. The lowest BCUT2D eigenvalue weighted by Gasteiger charge is -2.29. The first-order valence-corrected chi connectivity index (χ1v) is 9.99. The lowest BCUT2D eigenvalue weighted by atomic mass is 10.0. The number of aromatic nitrogens is 5. The van der Waals surface area contributed by atoms with Crippen LogP contribution in [0.15, 0.2) is 48.8 Å². The highest BCUT2D eigenvalue weighted by atomic mass is 16.5. The van der Waals surface area contributed by atoms with Crippen molar-refractivity contribution in [1.29, 1.82) is 0 Å². The molecule has 1 aliphatic rings. The molecule has 1 aliphatic heterocycles. The fourth-order valence-corrected chi connectivity index (χ4v) is 3.48. The van der Waals surface area contributed by atoms with Gasteiger partial charge in [0.1, 0.15) is 11.5 Å². The minimum absolute atomic E-state index is 0.0751. The number of aldehydes is 1. The number of carbonyl (C=O) groups excluding carboxylic acids is 1. The van der Waals surface area contributed by atoms with Crippen LogP contribution in [0.4, 0.5) is 11.8 Å². The number of hydrogen-bond donors (Lipinski definition) is 1. The summed E-state index contributed by atoms with van der Waals surface area (Å²) in [7, 11) is 0. The highest BCUT2D eigenvalue weighted by Gasteiger charge is 2.37. The van der Waals surface area contributed by atoms with Crippen molar-refractivity contribution < 1.29 is 9.53 Å². The average molecular weight is 407 g/mol. The molecule has 0 aliphatic carbocycles. The van der Waals surface area contributed by atoms with E-state index >= 15 is 0 Å². The summed E-state index contributed by atoms with van der Waals surface area (Å²) in [6.45, 7) is 6.67. The molecule has 1 fully saturated rings. The number of rotatable bonds is 7. The fraction of sp³-hybridized carbons (Fsp3) is 0.381. The Balaban J connectivity index is 1.52. The lowest BCUT2D eigenvalue weighted by Crippen LogP contribution is -2.41. The van der Waals surface area contributed by atoms with E-state index in [-0.39, 0.29) is 12.1 Å². The lowest BCUT2D eigenvalue weighted by molar-refractivity contribution is -0.115. The Kier molecular flexibility index (Phi) is 5.71. The largest absolute Gasteiger partial charge is 0.349 e. The maximum absolute atomic E-state index is 11.5. The fourth-order valence-electron chi connectivity index (χ4n) is 3.48. The Morgan fingerprint density at radius 1 is 1.20 bits per heavy atom. The van der Waals surface area contributed by atoms with Gasteiger partial charge in [-0.05, 0) is 31.0 Å². The van der Waals surface area contributed by atoms with Gasteiger partial charge in [0.15, 0.2) is 12.5 Å². The van der Waals surface area contributed by atoms with Gasteiger partial charge < -0.3 is 15.0 Å². The van der Waals surface area contributed by atoms with E-state index in [2.05, 4.69) is 39.4 Å². The minimum atomic E-state index is -0.636. The zero-order chi connectivity index (χ0) is 21.1. The Hall–Kier alpha value is -3.33. The summed E-state index contributed by atoms with van der Waals surface area (Å²) in [5.74, 6) is 1.42. The van der Waals surface area contributed by atoms with Crippen LogP contribution in [0, 0.1) is 5.92 Å². The number of nitrogens with one attached hydrogen (secondary N) is 1. The molecule has 9 heteroatoms. The Morgan fingerprint density at radius 3 is 2.73 bits per heavy atom. The van der Waals surface area contributed by atoms with E-state index < -0.39 is 6.23 Å². The van der Waals surface area contributed by atoms with Crippen molar-refractivity contribution in [1.82, 2.24) is 25.0 Å². The molecule has 0 bridgehead atoms. The van der Waals surface area contributed by atoms with Gasteiger partial charge in [-0.25, -0.2) is 9.67 Å². The monoisotopic (exact) mass is 407 g/mol. The van der Waals surface area contributed by atoms with Gasteiger partial charge in [-0.3, -0.25) is 4.79 Å². The van der Waals surface area contributed by atoms with E-state index in [1.807, 2.05) is 48.4 Å². The van der Waals surface area contributed by atoms with Crippen molar-refractivity contribution >= 4 is 18.1 Å². The van der Waals surface area contributed by atoms with Gasteiger partial charge in [-0.2, -0.15) is 4.98 Å². The van der Waals surface area contributed by atoms with Crippen molar-refractivity contribution in [3.63, 3.8) is 0 Å². The smallest absolute Gasteiger partial charge is 0.225 e. The SMILES string of the molecule is CC(C)[C@H]1COC(C=O)N1c1ccnc(N[C@@H](C)c2cn(-c3ccccc3)nn2)n1. The normalized spacial score (nSPS) is 19.8. The van der Waals surface area contributed by atoms with Crippen molar-refractivity contribution in [3.8, 4) is 5.69 Å². The average Bonchev–Trinajstić information content (AvgIpc) is 3.42. The Morgan fingerprint density at radius 2 is 2.00 bits per heavy atom.